The molecule has 0 aliphatic carbocycles. The number of halogens is 1. The smallest absolute Gasteiger partial charge is 0.127 e. The zero-order valence-corrected chi connectivity index (χ0v) is 8.46. The van der Waals surface area contributed by atoms with Gasteiger partial charge in [-0.05, 0) is 31.0 Å². The Bertz CT molecular complexity index is 297. The average molecular weight is 198 g/mol. The van der Waals surface area contributed by atoms with E-state index in [0.717, 1.165) is 6.42 Å². The zero-order chi connectivity index (χ0) is 10.6. The molecule has 0 aromatic heterocycles. The molecule has 0 radical (unpaired) electrons. The molecule has 0 bridgehead atoms. The van der Waals surface area contributed by atoms with Crippen LogP contribution in [0.4, 0.5) is 4.39 Å². The summed E-state index contributed by atoms with van der Waals surface area (Å²) in [5.74, 6) is 0.0947. The Morgan fingerprint density at radius 3 is 2.71 bits per heavy atom. The molecule has 0 aliphatic heterocycles. The normalized spacial score (nSPS) is 12.6. The van der Waals surface area contributed by atoms with E-state index in [1.165, 1.54) is 12.1 Å². The summed E-state index contributed by atoms with van der Waals surface area (Å²) < 4.78 is 18.3. The van der Waals surface area contributed by atoms with E-state index in [0.29, 0.717) is 17.9 Å². The van der Waals surface area contributed by atoms with Crippen LogP contribution in [0, 0.1) is 5.82 Å². The van der Waals surface area contributed by atoms with Gasteiger partial charge in [0.1, 0.15) is 11.6 Å². The van der Waals surface area contributed by atoms with E-state index in [-0.39, 0.29) is 5.82 Å². The third-order valence-electron chi connectivity index (χ3n) is 1.85. The number of hydrogen-bond acceptors (Lipinski definition) is 2. The SMILES string of the molecule is CCCOc1cc(F)cc([C@@H](C)O)c1. The summed E-state index contributed by atoms with van der Waals surface area (Å²) in [7, 11) is 0. The van der Waals surface area contributed by atoms with E-state index in [1.807, 2.05) is 6.92 Å². The Balaban J connectivity index is 2.84. The minimum absolute atomic E-state index is 0.380. The van der Waals surface area contributed by atoms with Gasteiger partial charge in [-0.2, -0.15) is 0 Å². The van der Waals surface area contributed by atoms with Crippen molar-refractivity contribution in [1.29, 1.82) is 0 Å². The number of hydrogen-bond donors (Lipinski definition) is 1. The molecule has 78 valence electrons. The molecule has 0 amide bonds. The lowest BCUT2D eigenvalue weighted by Gasteiger charge is -2.09. The quantitative estimate of drug-likeness (QED) is 0.806. The van der Waals surface area contributed by atoms with Crippen molar-refractivity contribution in [3.8, 4) is 5.75 Å². The van der Waals surface area contributed by atoms with Crippen molar-refractivity contribution < 1.29 is 14.2 Å². The summed E-state index contributed by atoms with van der Waals surface area (Å²) in [6.45, 7) is 4.13. The van der Waals surface area contributed by atoms with Crippen LogP contribution in [-0.2, 0) is 0 Å². The highest BCUT2D eigenvalue weighted by Gasteiger charge is 2.05. The van der Waals surface area contributed by atoms with Gasteiger partial charge in [-0.1, -0.05) is 6.92 Å². The fourth-order valence-corrected chi connectivity index (χ4v) is 1.13. The topological polar surface area (TPSA) is 29.5 Å². The van der Waals surface area contributed by atoms with E-state index in [1.54, 1.807) is 13.0 Å². The second kappa shape index (κ2) is 4.96. The van der Waals surface area contributed by atoms with E-state index in [4.69, 9.17) is 4.74 Å². The molecular formula is C11H15FO2. The number of aliphatic hydroxyl groups excluding tert-OH is 1. The van der Waals surface area contributed by atoms with Crippen LogP contribution in [0.25, 0.3) is 0 Å². The van der Waals surface area contributed by atoms with Crippen molar-refractivity contribution in [1.82, 2.24) is 0 Å². The molecule has 1 aromatic carbocycles. The first-order valence-corrected chi connectivity index (χ1v) is 4.75. The first kappa shape index (κ1) is 11.0. The van der Waals surface area contributed by atoms with Crippen molar-refractivity contribution in [3.05, 3.63) is 29.6 Å². The van der Waals surface area contributed by atoms with Gasteiger partial charge in [0, 0.05) is 6.07 Å². The van der Waals surface area contributed by atoms with Gasteiger partial charge >= 0.3 is 0 Å². The van der Waals surface area contributed by atoms with Gasteiger partial charge in [0.25, 0.3) is 0 Å². The summed E-state index contributed by atoms with van der Waals surface area (Å²) >= 11 is 0. The van der Waals surface area contributed by atoms with E-state index < -0.39 is 6.10 Å². The second-order valence-electron chi connectivity index (χ2n) is 3.24. The van der Waals surface area contributed by atoms with Gasteiger partial charge in [0.15, 0.2) is 0 Å². The Morgan fingerprint density at radius 2 is 2.14 bits per heavy atom. The predicted octanol–water partition coefficient (Wildman–Crippen LogP) is 2.67. The number of rotatable bonds is 4. The molecule has 0 fully saturated rings. The summed E-state index contributed by atoms with van der Waals surface area (Å²) in [4.78, 5) is 0. The molecule has 0 saturated carbocycles. The highest BCUT2D eigenvalue weighted by atomic mass is 19.1. The highest BCUT2D eigenvalue weighted by molar-refractivity contribution is 5.30. The van der Waals surface area contributed by atoms with Gasteiger partial charge in [-0.15, -0.1) is 0 Å². The fourth-order valence-electron chi connectivity index (χ4n) is 1.13. The van der Waals surface area contributed by atoms with Crippen molar-refractivity contribution in [2.45, 2.75) is 26.4 Å². The van der Waals surface area contributed by atoms with Gasteiger partial charge < -0.3 is 9.84 Å². The van der Waals surface area contributed by atoms with Gasteiger partial charge in [-0.25, -0.2) is 4.39 Å². The van der Waals surface area contributed by atoms with E-state index in [2.05, 4.69) is 0 Å². The molecule has 0 heterocycles. The number of benzene rings is 1. The molecule has 1 rings (SSSR count). The molecule has 3 heteroatoms. The summed E-state index contributed by atoms with van der Waals surface area (Å²) in [5.41, 5.74) is 0.538. The zero-order valence-electron chi connectivity index (χ0n) is 8.46. The monoisotopic (exact) mass is 198 g/mol. The molecule has 2 nitrogen and oxygen atoms in total. The summed E-state index contributed by atoms with van der Waals surface area (Å²) in [5, 5.41) is 9.28. The minimum atomic E-state index is -0.672. The Labute approximate surface area is 83.3 Å². The lowest BCUT2D eigenvalue weighted by Crippen LogP contribution is -1.98. The lowest BCUT2D eigenvalue weighted by atomic mass is 10.1. The van der Waals surface area contributed by atoms with Crippen LogP contribution < -0.4 is 4.74 Å². The molecule has 1 atom stereocenters. The number of aliphatic hydroxyl groups is 1. The Morgan fingerprint density at radius 1 is 1.43 bits per heavy atom. The van der Waals surface area contributed by atoms with Crippen LogP contribution in [0.2, 0.25) is 0 Å². The molecular weight excluding hydrogens is 183 g/mol. The van der Waals surface area contributed by atoms with Crippen LogP contribution >= 0.6 is 0 Å². The Kier molecular flexibility index (Phi) is 3.89. The third-order valence-corrected chi connectivity index (χ3v) is 1.85. The summed E-state index contributed by atoms with van der Waals surface area (Å²) in [6, 6.07) is 4.29. The standard InChI is InChI=1S/C11H15FO2/c1-3-4-14-11-6-9(8(2)13)5-10(12)7-11/h5-8,13H,3-4H2,1-2H3/t8-/m1/s1. The largest absolute Gasteiger partial charge is 0.493 e. The highest BCUT2D eigenvalue weighted by Crippen LogP contribution is 2.21. The minimum Gasteiger partial charge on any atom is -0.493 e. The maximum Gasteiger partial charge on any atom is 0.127 e. The maximum absolute atomic E-state index is 13.0. The van der Waals surface area contributed by atoms with Crippen molar-refractivity contribution in [2.24, 2.45) is 0 Å². The predicted molar refractivity (Wildman–Crippen MR) is 52.8 cm³/mol. The van der Waals surface area contributed by atoms with Crippen molar-refractivity contribution in [3.63, 3.8) is 0 Å². The van der Waals surface area contributed by atoms with Crippen LogP contribution in [0.3, 0.4) is 0 Å². The van der Waals surface area contributed by atoms with Crippen LogP contribution in [0.15, 0.2) is 18.2 Å². The fraction of sp³-hybridized carbons (Fsp3) is 0.455. The van der Waals surface area contributed by atoms with Gasteiger partial charge in [0.2, 0.25) is 0 Å². The van der Waals surface area contributed by atoms with Gasteiger partial charge in [-0.3, -0.25) is 0 Å². The summed E-state index contributed by atoms with van der Waals surface area (Å²) in [6.07, 6.45) is 0.204. The van der Waals surface area contributed by atoms with E-state index >= 15 is 0 Å². The van der Waals surface area contributed by atoms with Crippen molar-refractivity contribution >= 4 is 0 Å². The van der Waals surface area contributed by atoms with Crippen LogP contribution in [0.5, 0.6) is 5.75 Å². The molecule has 0 spiro atoms. The van der Waals surface area contributed by atoms with Crippen LogP contribution in [-0.4, -0.2) is 11.7 Å². The first-order valence-electron chi connectivity index (χ1n) is 4.75. The van der Waals surface area contributed by atoms with Crippen molar-refractivity contribution in [2.75, 3.05) is 6.61 Å². The molecule has 1 aromatic rings. The number of ether oxygens (including phenoxy) is 1. The molecule has 1 N–H and O–H groups in total. The first-order chi connectivity index (χ1) is 6.63. The second-order valence-corrected chi connectivity index (χ2v) is 3.24. The van der Waals surface area contributed by atoms with Crippen LogP contribution in [0.1, 0.15) is 31.9 Å². The Hall–Kier alpha value is -1.09. The third kappa shape index (κ3) is 3.00. The maximum atomic E-state index is 13.0. The average Bonchev–Trinajstić information content (AvgIpc) is 2.14. The van der Waals surface area contributed by atoms with E-state index in [9.17, 15) is 9.50 Å². The molecule has 0 aliphatic rings. The van der Waals surface area contributed by atoms with Gasteiger partial charge in [0.05, 0.1) is 12.7 Å². The molecule has 14 heavy (non-hydrogen) atoms. The molecule has 0 unspecified atom stereocenters. The molecule has 0 saturated heterocycles. The lowest BCUT2D eigenvalue weighted by molar-refractivity contribution is 0.198.